The first-order valence-corrected chi connectivity index (χ1v) is 12.1. The van der Waals surface area contributed by atoms with Gasteiger partial charge < -0.3 is 9.47 Å². The molecule has 2 aliphatic carbocycles. The van der Waals surface area contributed by atoms with Crippen molar-refractivity contribution in [3.8, 4) is 0 Å². The molecule has 0 bridgehead atoms. The van der Waals surface area contributed by atoms with Crippen molar-refractivity contribution in [3.63, 3.8) is 0 Å². The molecule has 1 saturated heterocycles. The Morgan fingerprint density at radius 3 is 1.79 bits per heavy atom. The van der Waals surface area contributed by atoms with Crippen molar-refractivity contribution in [1.82, 2.24) is 0 Å². The molecule has 0 amide bonds. The van der Waals surface area contributed by atoms with Gasteiger partial charge in [-0.15, -0.1) is 0 Å². The molecular formula is C25H37ClO2. The average Bonchev–Trinajstić information content (AvgIpc) is 3.26. The predicted molar refractivity (Wildman–Crippen MR) is 116 cm³/mol. The number of benzene rings is 1. The summed E-state index contributed by atoms with van der Waals surface area (Å²) < 4.78 is 11.2. The molecule has 1 aliphatic heterocycles. The highest BCUT2D eigenvalue weighted by Crippen LogP contribution is 2.43. The predicted octanol–water partition coefficient (Wildman–Crippen LogP) is 7.04. The minimum atomic E-state index is 0.0980. The molecule has 2 saturated carbocycles. The summed E-state index contributed by atoms with van der Waals surface area (Å²) in [6.07, 6.45) is 16.7. The Bertz CT molecular complexity index is 565. The maximum absolute atomic E-state index is 6.00. The SMILES string of the molecule is Clc1ccc(CCC2CCC(C3CCC(CCC4OCCO4)CC3)CC2)cc1. The minimum Gasteiger partial charge on any atom is -0.350 e. The Hall–Kier alpha value is -0.570. The van der Waals surface area contributed by atoms with Gasteiger partial charge in [0.25, 0.3) is 0 Å². The van der Waals surface area contributed by atoms with Crippen molar-refractivity contribution in [2.75, 3.05) is 13.2 Å². The highest BCUT2D eigenvalue weighted by molar-refractivity contribution is 6.30. The molecule has 0 radical (unpaired) electrons. The first-order chi connectivity index (χ1) is 13.8. The summed E-state index contributed by atoms with van der Waals surface area (Å²) in [4.78, 5) is 0. The average molecular weight is 405 g/mol. The van der Waals surface area contributed by atoms with Gasteiger partial charge in [-0.2, -0.15) is 0 Å². The lowest BCUT2D eigenvalue weighted by Gasteiger charge is -2.38. The van der Waals surface area contributed by atoms with Crippen LogP contribution in [0.25, 0.3) is 0 Å². The van der Waals surface area contributed by atoms with Gasteiger partial charge in [-0.1, -0.05) is 49.4 Å². The van der Waals surface area contributed by atoms with Gasteiger partial charge in [0, 0.05) is 5.02 Å². The van der Waals surface area contributed by atoms with Crippen LogP contribution >= 0.6 is 11.6 Å². The van der Waals surface area contributed by atoms with E-state index in [1.807, 2.05) is 12.1 Å². The van der Waals surface area contributed by atoms with Crippen LogP contribution in [0, 0.1) is 23.7 Å². The van der Waals surface area contributed by atoms with Crippen molar-refractivity contribution >= 4 is 11.6 Å². The smallest absolute Gasteiger partial charge is 0.157 e. The molecule has 3 heteroatoms. The molecule has 1 heterocycles. The van der Waals surface area contributed by atoms with Crippen LogP contribution in [0.5, 0.6) is 0 Å². The van der Waals surface area contributed by atoms with E-state index < -0.39 is 0 Å². The number of rotatable bonds is 7. The third-order valence-corrected chi connectivity index (χ3v) is 7.96. The van der Waals surface area contributed by atoms with Crippen molar-refractivity contribution in [1.29, 1.82) is 0 Å². The standard InChI is InChI=1S/C25H37ClO2/c26-24-14-7-20(8-15-24)2-1-19-3-10-22(11-4-19)23-12-5-21(6-13-23)9-16-25-27-17-18-28-25/h7-8,14-15,19,21-23,25H,1-6,9-13,16-18H2. The van der Waals surface area contributed by atoms with Gasteiger partial charge in [0.05, 0.1) is 13.2 Å². The second-order valence-electron chi connectivity index (χ2n) is 9.48. The zero-order valence-electron chi connectivity index (χ0n) is 17.3. The second kappa shape index (κ2) is 10.5. The molecule has 0 spiro atoms. The van der Waals surface area contributed by atoms with E-state index in [4.69, 9.17) is 21.1 Å². The van der Waals surface area contributed by atoms with Crippen LogP contribution in [0.3, 0.4) is 0 Å². The van der Waals surface area contributed by atoms with Gasteiger partial charge in [-0.05, 0) is 92.7 Å². The van der Waals surface area contributed by atoms with Gasteiger partial charge in [-0.25, -0.2) is 0 Å². The van der Waals surface area contributed by atoms with Crippen LogP contribution in [-0.4, -0.2) is 19.5 Å². The summed E-state index contributed by atoms with van der Waals surface area (Å²) in [7, 11) is 0. The fraction of sp³-hybridized carbons (Fsp3) is 0.760. The van der Waals surface area contributed by atoms with Crippen molar-refractivity contribution in [2.45, 2.75) is 83.3 Å². The van der Waals surface area contributed by atoms with Gasteiger partial charge in [0.2, 0.25) is 0 Å². The number of halogens is 1. The quantitative estimate of drug-likeness (QED) is 0.485. The van der Waals surface area contributed by atoms with Crippen LogP contribution in [0.1, 0.15) is 76.2 Å². The Labute approximate surface area is 176 Å². The molecule has 28 heavy (non-hydrogen) atoms. The largest absolute Gasteiger partial charge is 0.350 e. The van der Waals surface area contributed by atoms with E-state index in [9.17, 15) is 0 Å². The van der Waals surface area contributed by atoms with E-state index in [0.29, 0.717) is 0 Å². The van der Waals surface area contributed by atoms with Crippen LogP contribution in [-0.2, 0) is 15.9 Å². The molecular weight excluding hydrogens is 368 g/mol. The summed E-state index contributed by atoms with van der Waals surface area (Å²) in [6.45, 7) is 1.58. The van der Waals surface area contributed by atoms with Gasteiger partial charge in [0.1, 0.15) is 0 Å². The van der Waals surface area contributed by atoms with Crippen molar-refractivity contribution in [2.24, 2.45) is 23.7 Å². The Morgan fingerprint density at radius 2 is 1.21 bits per heavy atom. The van der Waals surface area contributed by atoms with E-state index >= 15 is 0 Å². The van der Waals surface area contributed by atoms with E-state index in [1.54, 1.807) is 0 Å². The van der Waals surface area contributed by atoms with Crippen LogP contribution in [0.2, 0.25) is 5.02 Å². The summed E-state index contributed by atoms with van der Waals surface area (Å²) in [5.74, 6) is 3.87. The molecule has 1 aromatic carbocycles. The van der Waals surface area contributed by atoms with E-state index in [1.165, 1.54) is 76.2 Å². The zero-order valence-corrected chi connectivity index (χ0v) is 18.0. The maximum Gasteiger partial charge on any atom is 0.157 e. The van der Waals surface area contributed by atoms with Crippen LogP contribution < -0.4 is 0 Å². The lowest BCUT2D eigenvalue weighted by atomic mass is 9.68. The van der Waals surface area contributed by atoms with E-state index in [2.05, 4.69) is 12.1 Å². The van der Waals surface area contributed by atoms with Crippen LogP contribution in [0.15, 0.2) is 24.3 Å². The number of aryl methyl sites for hydroxylation is 1. The fourth-order valence-corrected chi connectivity index (χ4v) is 5.99. The van der Waals surface area contributed by atoms with Gasteiger partial charge >= 0.3 is 0 Å². The Morgan fingerprint density at radius 1 is 0.679 bits per heavy atom. The van der Waals surface area contributed by atoms with E-state index in [-0.39, 0.29) is 6.29 Å². The highest BCUT2D eigenvalue weighted by atomic mass is 35.5. The summed E-state index contributed by atoms with van der Waals surface area (Å²) >= 11 is 6.00. The summed E-state index contributed by atoms with van der Waals surface area (Å²) in [5.41, 5.74) is 1.44. The monoisotopic (exact) mass is 404 g/mol. The van der Waals surface area contributed by atoms with Crippen molar-refractivity contribution < 1.29 is 9.47 Å². The third-order valence-electron chi connectivity index (χ3n) is 7.71. The Kier molecular flexibility index (Phi) is 7.73. The lowest BCUT2D eigenvalue weighted by Crippen LogP contribution is -2.26. The highest BCUT2D eigenvalue weighted by Gasteiger charge is 2.31. The first kappa shape index (κ1) is 20.7. The molecule has 156 valence electrons. The summed E-state index contributed by atoms with van der Waals surface area (Å²) in [5, 5.41) is 0.846. The zero-order chi connectivity index (χ0) is 19.2. The maximum atomic E-state index is 6.00. The molecule has 1 aromatic rings. The topological polar surface area (TPSA) is 18.5 Å². The van der Waals surface area contributed by atoms with Crippen LogP contribution in [0.4, 0.5) is 0 Å². The second-order valence-corrected chi connectivity index (χ2v) is 9.91. The third kappa shape index (κ3) is 5.97. The molecule has 3 fully saturated rings. The number of hydrogen-bond acceptors (Lipinski definition) is 2. The first-order valence-electron chi connectivity index (χ1n) is 11.7. The normalized spacial score (nSPS) is 31.9. The summed E-state index contributed by atoms with van der Waals surface area (Å²) in [6, 6.07) is 8.44. The molecule has 3 aliphatic rings. The molecule has 4 rings (SSSR count). The fourth-order valence-electron chi connectivity index (χ4n) is 5.86. The molecule has 0 unspecified atom stereocenters. The van der Waals surface area contributed by atoms with E-state index in [0.717, 1.165) is 48.3 Å². The number of hydrogen-bond donors (Lipinski definition) is 0. The number of ether oxygens (including phenoxy) is 2. The molecule has 0 atom stereocenters. The van der Waals surface area contributed by atoms with Gasteiger partial charge in [0.15, 0.2) is 6.29 Å². The molecule has 0 aromatic heterocycles. The molecule has 0 N–H and O–H groups in total. The minimum absolute atomic E-state index is 0.0980. The van der Waals surface area contributed by atoms with Crippen molar-refractivity contribution in [3.05, 3.63) is 34.9 Å². The Balaban J connectivity index is 1.11. The molecule has 2 nitrogen and oxygen atoms in total. The van der Waals surface area contributed by atoms with Gasteiger partial charge in [-0.3, -0.25) is 0 Å². The lowest BCUT2D eigenvalue weighted by molar-refractivity contribution is -0.0514.